The molecule has 4 atom stereocenters. The third-order valence-electron chi connectivity index (χ3n) is 13.0. The van der Waals surface area contributed by atoms with Crippen LogP contribution < -0.4 is 28.7 Å². The lowest BCUT2D eigenvalue weighted by Gasteiger charge is -2.40. The van der Waals surface area contributed by atoms with Gasteiger partial charge in [0.05, 0.1) is 60.2 Å². The molecule has 0 saturated heterocycles. The molecule has 0 radical (unpaired) electrons. The van der Waals surface area contributed by atoms with Crippen LogP contribution in [0.2, 0.25) is 0 Å². The molecule has 2 unspecified atom stereocenters. The van der Waals surface area contributed by atoms with E-state index in [4.69, 9.17) is 42.9 Å². The average Bonchev–Trinajstić information content (AvgIpc) is 3.61. The standard InChI is InChI=1S/C53H53N9O12/c1-7-16-71-52(65)61-40-22-46(44(67-3)20-38(40)48(63)59-14-12-32(18-42(59)50(61)69-5)34-24-54-30-55-25-34)73-28-36-10-9-11-37(58-36)29-74-47-23-41-39(21-45(47)68-4)49(64)60-15-13-33(35-26-56-31-57-27-35)19-43(60)51(70-6)62(41)53(66)72-17-8-2/h7-13,20-27,30-31,42-43,50-51H,1-2,14-19,28-29H2,3-6H3/t42-,43-,50?,51?/m0/s1. The maximum absolute atomic E-state index is 14.5. The monoisotopic (exact) mass is 1010 g/mol. The number of pyridine rings is 1. The summed E-state index contributed by atoms with van der Waals surface area (Å²) < 4.78 is 47.6. The number of carbonyl (C=O) groups excluding carboxylic acids is 4. The smallest absolute Gasteiger partial charge is 0.416 e. The topological polar surface area (TPSA) is 220 Å². The van der Waals surface area contributed by atoms with Gasteiger partial charge in [-0.1, -0.05) is 43.5 Å². The number of amides is 4. The first-order valence-corrected chi connectivity index (χ1v) is 23.5. The van der Waals surface area contributed by atoms with Crippen LogP contribution in [-0.4, -0.2) is 138 Å². The lowest BCUT2D eigenvalue weighted by atomic mass is 9.94. The van der Waals surface area contributed by atoms with E-state index < -0.39 is 36.7 Å². The van der Waals surface area contributed by atoms with Gasteiger partial charge in [-0.2, -0.15) is 0 Å². The highest BCUT2D eigenvalue weighted by molar-refractivity contribution is 6.07. The minimum atomic E-state index is -0.997. The number of nitrogens with zero attached hydrogens (tertiary/aromatic N) is 9. The molecule has 74 heavy (non-hydrogen) atoms. The molecule has 21 heteroatoms. The zero-order chi connectivity index (χ0) is 51.9. The van der Waals surface area contributed by atoms with E-state index in [1.165, 1.54) is 75.2 Å². The molecule has 382 valence electrons. The van der Waals surface area contributed by atoms with Gasteiger partial charge >= 0.3 is 12.2 Å². The summed E-state index contributed by atoms with van der Waals surface area (Å²) in [6.07, 6.45) is 13.5. The van der Waals surface area contributed by atoms with E-state index in [9.17, 15) is 19.2 Å². The number of hydrogen-bond donors (Lipinski definition) is 0. The summed E-state index contributed by atoms with van der Waals surface area (Å²) in [5, 5.41) is 0. The number of benzene rings is 2. The van der Waals surface area contributed by atoms with Gasteiger partial charge in [-0.3, -0.25) is 14.6 Å². The summed E-state index contributed by atoms with van der Waals surface area (Å²) in [5.41, 5.74) is 5.01. The molecule has 0 bridgehead atoms. The van der Waals surface area contributed by atoms with Crippen molar-refractivity contribution in [3.63, 3.8) is 0 Å². The molecule has 4 aliphatic rings. The van der Waals surface area contributed by atoms with Gasteiger partial charge in [0.1, 0.15) is 39.1 Å². The molecule has 0 saturated carbocycles. The molecule has 9 rings (SSSR count). The largest absolute Gasteiger partial charge is 0.493 e. The van der Waals surface area contributed by atoms with Crippen molar-refractivity contribution in [3.05, 3.63) is 151 Å². The van der Waals surface area contributed by atoms with Crippen LogP contribution in [0.15, 0.2) is 117 Å². The molecule has 0 N–H and O–H groups in total. The molecule has 3 aromatic heterocycles. The molecule has 0 spiro atoms. The van der Waals surface area contributed by atoms with Crippen LogP contribution in [0.5, 0.6) is 23.0 Å². The fraction of sp³-hybridized carbons (Fsp3) is 0.302. The fourth-order valence-corrected chi connectivity index (χ4v) is 9.54. The minimum absolute atomic E-state index is 0.0806. The van der Waals surface area contributed by atoms with Gasteiger partial charge in [0.15, 0.2) is 35.5 Å². The van der Waals surface area contributed by atoms with Gasteiger partial charge < -0.3 is 47.7 Å². The lowest BCUT2D eigenvalue weighted by Crippen LogP contribution is -2.55. The highest BCUT2D eigenvalue weighted by Gasteiger charge is 2.48. The number of aromatic nitrogens is 5. The first-order valence-electron chi connectivity index (χ1n) is 23.5. The SMILES string of the molecule is C=CCOC(=O)N1c2cc(OCc3cccc(COc4cc5c(cc4OC)C(=O)N4CC=C(c6cncnc6)C[C@H]4C(OC)N5C(=O)OCC=C)n3)c(OC)cc2C(=O)N2CC=C(c3cncnc3)C[C@H]2C1OC. The van der Waals surface area contributed by atoms with Crippen molar-refractivity contribution in [1.29, 1.82) is 0 Å². The zero-order valence-electron chi connectivity index (χ0n) is 41.1. The fourth-order valence-electron chi connectivity index (χ4n) is 9.54. The summed E-state index contributed by atoms with van der Waals surface area (Å²) >= 11 is 0. The van der Waals surface area contributed by atoms with Crippen molar-refractivity contribution in [2.45, 2.75) is 50.6 Å². The maximum Gasteiger partial charge on any atom is 0.416 e. The molecule has 0 fully saturated rings. The third-order valence-corrected chi connectivity index (χ3v) is 13.0. The van der Waals surface area contributed by atoms with E-state index in [0.29, 0.717) is 24.2 Å². The Morgan fingerprint density at radius 3 is 1.42 bits per heavy atom. The molecular formula is C53H53N9O12. The van der Waals surface area contributed by atoms with Crippen LogP contribution in [0.4, 0.5) is 21.0 Å². The number of methoxy groups -OCH3 is 4. The number of rotatable bonds is 16. The third kappa shape index (κ3) is 9.93. The molecule has 2 aromatic carbocycles. The second kappa shape index (κ2) is 22.4. The van der Waals surface area contributed by atoms with E-state index in [-0.39, 0.29) is 96.8 Å². The Morgan fingerprint density at radius 1 is 0.622 bits per heavy atom. The highest BCUT2D eigenvalue weighted by Crippen LogP contribution is 2.45. The Balaban J connectivity index is 0.977. The van der Waals surface area contributed by atoms with E-state index >= 15 is 0 Å². The quantitative estimate of drug-likeness (QED) is 0.0943. The van der Waals surface area contributed by atoms with Crippen LogP contribution >= 0.6 is 0 Å². The van der Waals surface area contributed by atoms with Crippen LogP contribution in [-0.2, 0) is 32.2 Å². The minimum Gasteiger partial charge on any atom is -0.493 e. The van der Waals surface area contributed by atoms with Crippen LogP contribution in [0.25, 0.3) is 11.1 Å². The molecule has 5 aromatic rings. The first-order chi connectivity index (χ1) is 36.1. The number of ether oxygens (including phenoxy) is 8. The first kappa shape index (κ1) is 50.3. The van der Waals surface area contributed by atoms with Crippen molar-refractivity contribution < 1.29 is 57.1 Å². The summed E-state index contributed by atoms with van der Waals surface area (Å²) in [5.74, 6) is 0.134. The Bertz CT molecular complexity index is 2810. The van der Waals surface area contributed by atoms with Crippen LogP contribution in [0.3, 0.4) is 0 Å². The Hall–Kier alpha value is -8.69. The van der Waals surface area contributed by atoms with Crippen molar-refractivity contribution in [2.24, 2.45) is 0 Å². The second-order valence-corrected chi connectivity index (χ2v) is 17.1. The predicted molar refractivity (Wildman–Crippen MR) is 267 cm³/mol. The van der Waals surface area contributed by atoms with Crippen molar-refractivity contribution in [3.8, 4) is 23.0 Å². The highest BCUT2D eigenvalue weighted by atomic mass is 16.6. The number of carbonyl (C=O) groups is 4. The molecule has 7 heterocycles. The molecule has 21 nitrogen and oxygen atoms in total. The normalized spacial score (nSPS) is 19.0. The lowest BCUT2D eigenvalue weighted by molar-refractivity contribution is 0.0175. The molecule has 0 aliphatic carbocycles. The van der Waals surface area contributed by atoms with Gasteiger partial charge in [-0.05, 0) is 48.3 Å². The van der Waals surface area contributed by atoms with E-state index in [2.05, 4.69) is 33.1 Å². The second-order valence-electron chi connectivity index (χ2n) is 17.1. The molecule has 4 aliphatic heterocycles. The van der Waals surface area contributed by atoms with Gasteiger partial charge in [0.2, 0.25) is 0 Å². The zero-order valence-corrected chi connectivity index (χ0v) is 41.1. The van der Waals surface area contributed by atoms with Gasteiger partial charge in [-0.15, -0.1) is 0 Å². The summed E-state index contributed by atoms with van der Waals surface area (Å²) in [6.45, 7) is 7.46. The Kier molecular flexibility index (Phi) is 15.2. The maximum atomic E-state index is 14.5. The molecule has 4 amide bonds. The average molecular weight is 1010 g/mol. The predicted octanol–water partition coefficient (Wildman–Crippen LogP) is 6.66. The number of anilines is 2. The Morgan fingerprint density at radius 2 is 1.04 bits per heavy atom. The number of hydrogen-bond acceptors (Lipinski definition) is 17. The van der Waals surface area contributed by atoms with E-state index in [1.54, 1.807) is 64.9 Å². The van der Waals surface area contributed by atoms with Crippen LogP contribution in [0, 0.1) is 0 Å². The van der Waals surface area contributed by atoms with Crippen molar-refractivity contribution >= 4 is 46.5 Å². The van der Waals surface area contributed by atoms with E-state index in [1.807, 2.05) is 12.2 Å². The van der Waals surface area contributed by atoms with E-state index in [0.717, 1.165) is 22.3 Å². The van der Waals surface area contributed by atoms with Crippen molar-refractivity contribution in [1.82, 2.24) is 34.7 Å². The van der Waals surface area contributed by atoms with Gasteiger partial charge in [-0.25, -0.2) is 39.3 Å². The van der Waals surface area contributed by atoms with Crippen molar-refractivity contribution in [2.75, 3.05) is 64.5 Å². The number of fused-ring (bicyclic) bond motifs is 4. The molecular weight excluding hydrogens is 955 g/mol. The Labute approximate surface area is 426 Å². The summed E-state index contributed by atoms with van der Waals surface area (Å²) in [7, 11) is 5.84. The summed E-state index contributed by atoms with van der Waals surface area (Å²) in [4.78, 5) is 84.5. The summed E-state index contributed by atoms with van der Waals surface area (Å²) in [6, 6.07) is 10.2. The van der Waals surface area contributed by atoms with Crippen LogP contribution in [0.1, 0.15) is 56.1 Å². The van der Waals surface area contributed by atoms with Gasteiger partial charge in [0, 0.05) is 75.4 Å². The van der Waals surface area contributed by atoms with Gasteiger partial charge in [0.25, 0.3) is 11.8 Å².